The van der Waals surface area contributed by atoms with Crippen LogP contribution in [0.3, 0.4) is 0 Å². The van der Waals surface area contributed by atoms with Gasteiger partial charge in [0.25, 0.3) is 0 Å². The quantitative estimate of drug-likeness (QED) is 0.865. The molecular weight excluding hydrogens is 226 g/mol. The zero-order valence-corrected chi connectivity index (χ0v) is 10.9. The first-order valence-electron chi connectivity index (χ1n) is 5.20. The summed E-state index contributed by atoms with van der Waals surface area (Å²) in [5, 5.41) is 0. The van der Waals surface area contributed by atoms with Gasteiger partial charge in [0.2, 0.25) is 0 Å². The zero-order valence-electron chi connectivity index (χ0n) is 10.1. The number of methoxy groups -OCH3 is 2. The van der Waals surface area contributed by atoms with Gasteiger partial charge in [0, 0.05) is 5.56 Å². The van der Waals surface area contributed by atoms with Crippen LogP contribution in [-0.4, -0.2) is 20.8 Å². The van der Waals surface area contributed by atoms with E-state index in [-0.39, 0.29) is 12.4 Å². The van der Waals surface area contributed by atoms with Crippen molar-refractivity contribution in [3.63, 3.8) is 0 Å². The smallest absolute Gasteiger partial charge is 0.126 e. The lowest BCUT2D eigenvalue weighted by Crippen LogP contribution is -2.06. The van der Waals surface area contributed by atoms with Gasteiger partial charge < -0.3 is 15.2 Å². The van der Waals surface area contributed by atoms with E-state index in [1.54, 1.807) is 14.2 Å². The van der Waals surface area contributed by atoms with Gasteiger partial charge in [0.15, 0.2) is 0 Å². The number of rotatable bonds is 5. The Morgan fingerprint density at radius 1 is 1.12 bits per heavy atom. The molecule has 0 amide bonds. The molecule has 1 aromatic rings. The van der Waals surface area contributed by atoms with Gasteiger partial charge in [0.05, 0.1) is 14.2 Å². The molecule has 0 heterocycles. The zero-order chi connectivity index (χ0) is 11.3. The summed E-state index contributed by atoms with van der Waals surface area (Å²) >= 11 is 0. The molecule has 0 fully saturated rings. The summed E-state index contributed by atoms with van der Waals surface area (Å²) in [5.74, 6) is 1.74. The third-order valence-electron chi connectivity index (χ3n) is 2.47. The summed E-state index contributed by atoms with van der Waals surface area (Å²) in [5.41, 5.74) is 7.83. The first-order valence-corrected chi connectivity index (χ1v) is 5.20. The van der Waals surface area contributed by atoms with Gasteiger partial charge in [-0.1, -0.05) is 6.92 Å². The number of benzene rings is 1. The molecule has 0 saturated heterocycles. The highest BCUT2D eigenvalue weighted by Gasteiger charge is 2.10. The van der Waals surface area contributed by atoms with E-state index >= 15 is 0 Å². The number of ether oxygens (including phenoxy) is 2. The molecule has 0 aliphatic carbocycles. The van der Waals surface area contributed by atoms with Crippen LogP contribution in [-0.2, 0) is 12.8 Å². The summed E-state index contributed by atoms with van der Waals surface area (Å²) in [6, 6.07) is 4.10. The lowest BCUT2D eigenvalue weighted by atomic mass is 10.0. The van der Waals surface area contributed by atoms with Crippen molar-refractivity contribution in [1.29, 1.82) is 0 Å². The van der Waals surface area contributed by atoms with Crippen LogP contribution in [0.15, 0.2) is 12.1 Å². The molecule has 0 unspecified atom stereocenters. The molecule has 0 atom stereocenters. The van der Waals surface area contributed by atoms with Crippen LogP contribution < -0.4 is 15.2 Å². The molecular formula is C12H20ClNO2. The molecule has 0 radical (unpaired) electrons. The highest BCUT2D eigenvalue weighted by atomic mass is 35.5. The largest absolute Gasteiger partial charge is 0.496 e. The first-order chi connectivity index (χ1) is 7.26. The Balaban J connectivity index is 0.00000225. The standard InChI is InChI=1S/C12H19NO2.ClH/c1-4-9-7-11(14-2)10(5-6-13)12(8-9)15-3;/h7-8H,4-6,13H2,1-3H3;1H. The highest BCUT2D eigenvalue weighted by Crippen LogP contribution is 2.30. The van der Waals surface area contributed by atoms with E-state index < -0.39 is 0 Å². The second-order valence-corrected chi connectivity index (χ2v) is 3.37. The van der Waals surface area contributed by atoms with Crippen LogP contribution in [0, 0.1) is 0 Å². The van der Waals surface area contributed by atoms with Gasteiger partial charge in [-0.25, -0.2) is 0 Å². The van der Waals surface area contributed by atoms with Crippen molar-refractivity contribution in [2.45, 2.75) is 19.8 Å². The molecule has 1 rings (SSSR count). The topological polar surface area (TPSA) is 44.5 Å². The summed E-state index contributed by atoms with van der Waals surface area (Å²) < 4.78 is 10.7. The van der Waals surface area contributed by atoms with Crippen molar-refractivity contribution in [3.8, 4) is 11.5 Å². The highest BCUT2D eigenvalue weighted by molar-refractivity contribution is 5.85. The van der Waals surface area contributed by atoms with Crippen molar-refractivity contribution in [2.24, 2.45) is 5.73 Å². The van der Waals surface area contributed by atoms with E-state index in [2.05, 4.69) is 6.92 Å². The van der Waals surface area contributed by atoms with Gasteiger partial charge >= 0.3 is 0 Å². The molecule has 0 spiro atoms. The molecule has 0 aromatic heterocycles. The average molecular weight is 246 g/mol. The van der Waals surface area contributed by atoms with Crippen LogP contribution >= 0.6 is 12.4 Å². The Bertz CT molecular complexity index is 304. The van der Waals surface area contributed by atoms with E-state index in [4.69, 9.17) is 15.2 Å². The van der Waals surface area contributed by atoms with Crippen molar-refractivity contribution >= 4 is 12.4 Å². The van der Waals surface area contributed by atoms with Crippen molar-refractivity contribution < 1.29 is 9.47 Å². The number of halogens is 1. The fourth-order valence-electron chi connectivity index (χ4n) is 1.63. The minimum Gasteiger partial charge on any atom is -0.496 e. The van der Waals surface area contributed by atoms with E-state index in [0.717, 1.165) is 29.9 Å². The molecule has 3 nitrogen and oxygen atoms in total. The predicted molar refractivity (Wildman–Crippen MR) is 68.9 cm³/mol. The molecule has 2 N–H and O–H groups in total. The molecule has 4 heteroatoms. The summed E-state index contributed by atoms with van der Waals surface area (Å²) in [7, 11) is 3.35. The Labute approximate surface area is 103 Å². The molecule has 0 aliphatic rings. The van der Waals surface area contributed by atoms with E-state index in [1.165, 1.54) is 5.56 Å². The van der Waals surface area contributed by atoms with Gasteiger partial charge in [-0.15, -0.1) is 12.4 Å². The van der Waals surface area contributed by atoms with Gasteiger partial charge in [-0.3, -0.25) is 0 Å². The van der Waals surface area contributed by atoms with Crippen molar-refractivity contribution in [3.05, 3.63) is 23.3 Å². The van der Waals surface area contributed by atoms with Gasteiger partial charge in [0.1, 0.15) is 11.5 Å². The van der Waals surface area contributed by atoms with Crippen LogP contribution in [0.5, 0.6) is 11.5 Å². The second kappa shape index (κ2) is 7.36. The van der Waals surface area contributed by atoms with Crippen molar-refractivity contribution in [1.82, 2.24) is 0 Å². The Morgan fingerprint density at radius 3 is 1.94 bits per heavy atom. The first kappa shape index (κ1) is 15.1. The molecule has 0 bridgehead atoms. The Kier molecular flexibility index (Phi) is 6.93. The molecule has 0 saturated carbocycles. The number of hydrogen-bond donors (Lipinski definition) is 1. The number of nitrogens with two attached hydrogens (primary N) is 1. The Morgan fingerprint density at radius 2 is 1.62 bits per heavy atom. The predicted octanol–water partition coefficient (Wildman–Crippen LogP) is 2.19. The maximum absolute atomic E-state index is 5.57. The monoisotopic (exact) mass is 245 g/mol. The third kappa shape index (κ3) is 3.29. The van der Waals surface area contributed by atoms with Crippen LogP contribution in [0.4, 0.5) is 0 Å². The van der Waals surface area contributed by atoms with Crippen molar-refractivity contribution in [2.75, 3.05) is 20.8 Å². The second-order valence-electron chi connectivity index (χ2n) is 3.37. The lowest BCUT2D eigenvalue weighted by Gasteiger charge is -2.14. The van der Waals surface area contributed by atoms with E-state index in [1.807, 2.05) is 12.1 Å². The SMILES string of the molecule is CCc1cc(OC)c(CCN)c(OC)c1.Cl. The van der Waals surface area contributed by atoms with Crippen LogP contribution in [0.25, 0.3) is 0 Å². The molecule has 16 heavy (non-hydrogen) atoms. The fourth-order valence-corrected chi connectivity index (χ4v) is 1.63. The number of aryl methyl sites for hydroxylation is 1. The van der Waals surface area contributed by atoms with E-state index in [0.29, 0.717) is 6.54 Å². The fraction of sp³-hybridized carbons (Fsp3) is 0.500. The maximum Gasteiger partial charge on any atom is 0.126 e. The van der Waals surface area contributed by atoms with E-state index in [9.17, 15) is 0 Å². The number of hydrogen-bond acceptors (Lipinski definition) is 3. The summed E-state index contributed by atoms with van der Waals surface area (Å²) in [4.78, 5) is 0. The summed E-state index contributed by atoms with van der Waals surface area (Å²) in [6.07, 6.45) is 1.74. The summed E-state index contributed by atoms with van der Waals surface area (Å²) in [6.45, 7) is 2.70. The molecule has 92 valence electrons. The molecule has 1 aromatic carbocycles. The lowest BCUT2D eigenvalue weighted by molar-refractivity contribution is 0.384. The van der Waals surface area contributed by atoms with Gasteiger partial charge in [-0.2, -0.15) is 0 Å². The average Bonchev–Trinajstić information content (AvgIpc) is 2.29. The van der Waals surface area contributed by atoms with Crippen LogP contribution in [0.2, 0.25) is 0 Å². The normalized spacial score (nSPS) is 9.50. The third-order valence-corrected chi connectivity index (χ3v) is 2.47. The molecule has 0 aliphatic heterocycles. The Hall–Kier alpha value is -0.930. The minimum absolute atomic E-state index is 0. The minimum atomic E-state index is 0. The van der Waals surface area contributed by atoms with Crippen LogP contribution in [0.1, 0.15) is 18.1 Å². The maximum atomic E-state index is 5.57. The van der Waals surface area contributed by atoms with Gasteiger partial charge in [-0.05, 0) is 37.1 Å².